The number of carbonyl (C=O) groups is 2. The van der Waals surface area contributed by atoms with Gasteiger partial charge >= 0.3 is 11.9 Å². The molecule has 0 bridgehead atoms. The van der Waals surface area contributed by atoms with Crippen LogP contribution in [-0.4, -0.2) is 48.1 Å². The average Bonchev–Trinajstić information content (AvgIpc) is 2.28. The molecular formula is C12H22O7. The van der Waals surface area contributed by atoms with Crippen molar-refractivity contribution in [1.82, 2.24) is 0 Å². The highest BCUT2D eigenvalue weighted by Gasteiger charge is 2.37. The van der Waals surface area contributed by atoms with E-state index in [1.165, 1.54) is 0 Å². The van der Waals surface area contributed by atoms with Crippen molar-refractivity contribution in [2.24, 2.45) is 0 Å². The van der Waals surface area contributed by atoms with Crippen LogP contribution in [0, 0.1) is 0 Å². The third-order valence-electron chi connectivity index (χ3n) is 1.74. The number of aliphatic hydroxyl groups excluding tert-OH is 1. The Morgan fingerprint density at radius 3 is 1.95 bits per heavy atom. The van der Waals surface area contributed by atoms with E-state index in [1.54, 1.807) is 34.6 Å². The molecular weight excluding hydrogens is 256 g/mol. The standard InChI is InChI=1S/C12H22O7/c1-6-16-10(14)8(13)9(11(15)17-7-2)18-19-12(3,4)5/h8-9,13H,6-7H2,1-5H3. The summed E-state index contributed by atoms with van der Waals surface area (Å²) in [4.78, 5) is 32.8. The van der Waals surface area contributed by atoms with Gasteiger partial charge in [-0.2, -0.15) is 0 Å². The first-order valence-corrected chi connectivity index (χ1v) is 6.08. The van der Waals surface area contributed by atoms with Crippen molar-refractivity contribution in [3.8, 4) is 0 Å². The third kappa shape index (κ3) is 7.09. The van der Waals surface area contributed by atoms with Crippen molar-refractivity contribution >= 4 is 11.9 Å². The van der Waals surface area contributed by atoms with Crippen LogP contribution in [-0.2, 0) is 28.8 Å². The van der Waals surface area contributed by atoms with Gasteiger partial charge in [0.1, 0.15) is 0 Å². The summed E-state index contributed by atoms with van der Waals surface area (Å²) in [6.07, 6.45) is -3.39. The molecule has 0 aliphatic rings. The first-order valence-electron chi connectivity index (χ1n) is 6.08. The van der Waals surface area contributed by atoms with Gasteiger partial charge in [-0.3, -0.25) is 0 Å². The summed E-state index contributed by atoms with van der Waals surface area (Å²) in [6, 6.07) is 0. The molecule has 112 valence electrons. The normalized spacial score (nSPS) is 14.6. The lowest BCUT2D eigenvalue weighted by molar-refractivity contribution is -0.376. The number of hydrogen-bond donors (Lipinski definition) is 1. The van der Waals surface area contributed by atoms with E-state index in [-0.39, 0.29) is 13.2 Å². The molecule has 0 aliphatic heterocycles. The molecule has 2 atom stereocenters. The Morgan fingerprint density at radius 1 is 1.05 bits per heavy atom. The minimum absolute atomic E-state index is 0.0750. The number of carbonyl (C=O) groups excluding carboxylic acids is 2. The molecule has 1 N–H and O–H groups in total. The Kier molecular flexibility index (Phi) is 7.58. The van der Waals surface area contributed by atoms with Crippen molar-refractivity contribution < 1.29 is 33.9 Å². The largest absolute Gasteiger partial charge is 0.464 e. The highest BCUT2D eigenvalue weighted by Crippen LogP contribution is 2.13. The molecule has 0 aromatic heterocycles. The minimum atomic E-state index is -1.80. The lowest BCUT2D eigenvalue weighted by atomic mass is 10.2. The molecule has 0 aliphatic carbocycles. The lowest BCUT2D eigenvalue weighted by Gasteiger charge is -2.24. The van der Waals surface area contributed by atoms with E-state index in [0.29, 0.717) is 0 Å². The van der Waals surface area contributed by atoms with Crippen molar-refractivity contribution in [2.45, 2.75) is 52.4 Å². The maximum Gasteiger partial charge on any atom is 0.342 e. The molecule has 0 aromatic rings. The van der Waals surface area contributed by atoms with E-state index in [0.717, 1.165) is 0 Å². The first-order chi connectivity index (χ1) is 8.72. The van der Waals surface area contributed by atoms with Crippen LogP contribution >= 0.6 is 0 Å². The third-order valence-corrected chi connectivity index (χ3v) is 1.74. The summed E-state index contributed by atoms with van der Waals surface area (Å²) < 4.78 is 9.32. The van der Waals surface area contributed by atoms with Gasteiger partial charge in [0.25, 0.3) is 0 Å². The number of hydrogen-bond acceptors (Lipinski definition) is 7. The summed E-state index contributed by atoms with van der Waals surface area (Å²) in [5, 5.41) is 9.72. The topological polar surface area (TPSA) is 91.3 Å². The van der Waals surface area contributed by atoms with Crippen molar-refractivity contribution in [1.29, 1.82) is 0 Å². The van der Waals surface area contributed by atoms with Gasteiger partial charge in [-0.05, 0) is 34.6 Å². The van der Waals surface area contributed by atoms with E-state index >= 15 is 0 Å². The van der Waals surface area contributed by atoms with Crippen molar-refractivity contribution in [2.75, 3.05) is 13.2 Å². The quantitative estimate of drug-likeness (QED) is 0.414. The van der Waals surface area contributed by atoms with Crippen LogP contribution in [0.3, 0.4) is 0 Å². The highest BCUT2D eigenvalue weighted by atomic mass is 17.2. The van der Waals surface area contributed by atoms with E-state index in [9.17, 15) is 14.7 Å². The SMILES string of the molecule is CCOC(=O)C(O)C(OOC(C)(C)C)C(=O)OCC. The molecule has 7 nitrogen and oxygen atoms in total. The Hall–Kier alpha value is -1.18. The molecule has 2 unspecified atom stereocenters. The van der Waals surface area contributed by atoms with Gasteiger partial charge in [-0.25, -0.2) is 19.4 Å². The molecule has 0 amide bonds. The van der Waals surface area contributed by atoms with Gasteiger partial charge in [0.05, 0.1) is 18.8 Å². The Labute approximate surface area is 112 Å². The molecule has 7 heteroatoms. The van der Waals surface area contributed by atoms with Gasteiger partial charge in [-0.15, -0.1) is 0 Å². The summed E-state index contributed by atoms with van der Waals surface area (Å²) in [5.41, 5.74) is -0.709. The van der Waals surface area contributed by atoms with Gasteiger partial charge in [0.2, 0.25) is 6.10 Å². The fourth-order valence-electron chi connectivity index (χ4n) is 0.993. The maximum absolute atomic E-state index is 11.6. The molecule has 0 saturated carbocycles. The fourth-order valence-corrected chi connectivity index (χ4v) is 0.993. The lowest BCUT2D eigenvalue weighted by Crippen LogP contribution is -2.44. The molecule has 0 saturated heterocycles. The predicted molar refractivity (Wildman–Crippen MR) is 65.0 cm³/mol. The molecule has 0 radical (unpaired) electrons. The molecule has 0 spiro atoms. The van der Waals surface area contributed by atoms with Crippen LogP contribution in [0.1, 0.15) is 34.6 Å². The Bertz CT molecular complexity index is 295. The summed E-state index contributed by atoms with van der Waals surface area (Å²) in [5.74, 6) is -1.87. The first kappa shape index (κ1) is 17.8. The highest BCUT2D eigenvalue weighted by molar-refractivity contribution is 5.85. The second-order valence-electron chi connectivity index (χ2n) is 4.66. The zero-order valence-corrected chi connectivity index (χ0v) is 12.0. The fraction of sp³-hybridized carbons (Fsp3) is 0.833. The molecule has 19 heavy (non-hydrogen) atoms. The number of esters is 2. The number of aliphatic hydroxyl groups is 1. The van der Waals surface area contributed by atoms with Crippen LogP contribution in [0.5, 0.6) is 0 Å². The minimum Gasteiger partial charge on any atom is -0.464 e. The van der Waals surface area contributed by atoms with Gasteiger partial charge in [0, 0.05) is 0 Å². The van der Waals surface area contributed by atoms with E-state index < -0.39 is 29.7 Å². The van der Waals surface area contributed by atoms with Crippen molar-refractivity contribution in [3.05, 3.63) is 0 Å². The second kappa shape index (κ2) is 8.08. The van der Waals surface area contributed by atoms with E-state index in [4.69, 9.17) is 14.5 Å². The van der Waals surface area contributed by atoms with Crippen LogP contribution in [0.25, 0.3) is 0 Å². The van der Waals surface area contributed by atoms with Crippen LogP contribution in [0.4, 0.5) is 0 Å². The molecule has 0 fully saturated rings. The van der Waals surface area contributed by atoms with Crippen molar-refractivity contribution in [3.63, 3.8) is 0 Å². The Balaban J connectivity index is 4.75. The summed E-state index contributed by atoms with van der Waals surface area (Å²) in [7, 11) is 0. The molecule has 0 rings (SSSR count). The van der Waals surface area contributed by atoms with Crippen LogP contribution in [0.15, 0.2) is 0 Å². The number of ether oxygens (including phenoxy) is 2. The van der Waals surface area contributed by atoms with E-state index in [1.807, 2.05) is 0 Å². The van der Waals surface area contributed by atoms with Gasteiger partial charge < -0.3 is 14.6 Å². The zero-order valence-electron chi connectivity index (χ0n) is 12.0. The maximum atomic E-state index is 11.6. The predicted octanol–water partition coefficient (Wildman–Crippen LogP) is 0.589. The smallest absolute Gasteiger partial charge is 0.342 e. The zero-order chi connectivity index (χ0) is 15.1. The van der Waals surface area contributed by atoms with Gasteiger partial charge in [-0.1, -0.05) is 0 Å². The monoisotopic (exact) mass is 278 g/mol. The summed E-state index contributed by atoms with van der Waals surface area (Å²) in [6.45, 7) is 8.39. The molecule has 0 heterocycles. The van der Waals surface area contributed by atoms with Crippen LogP contribution in [0.2, 0.25) is 0 Å². The van der Waals surface area contributed by atoms with E-state index in [2.05, 4.69) is 4.74 Å². The summed E-state index contributed by atoms with van der Waals surface area (Å²) >= 11 is 0. The average molecular weight is 278 g/mol. The van der Waals surface area contributed by atoms with Gasteiger partial charge in [0.15, 0.2) is 6.10 Å². The Morgan fingerprint density at radius 2 is 1.53 bits per heavy atom. The molecule has 0 aromatic carbocycles. The second-order valence-corrected chi connectivity index (χ2v) is 4.66. The number of rotatable bonds is 7. The van der Waals surface area contributed by atoms with Crippen LogP contribution < -0.4 is 0 Å².